The summed E-state index contributed by atoms with van der Waals surface area (Å²) >= 11 is 0. The van der Waals surface area contributed by atoms with Crippen LogP contribution >= 0.6 is 0 Å². The lowest BCUT2D eigenvalue weighted by Crippen LogP contribution is -2.36. The molecule has 1 unspecified atom stereocenters. The monoisotopic (exact) mass is 321 g/mol. The van der Waals surface area contributed by atoms with E-state index in [2.05, 4.69) is 6.58 Å². The molecule has 23 heavy (non-hydrogen) atoms. The predicted octanol–water partition coefficient (Wildman–Crippen LogP) is 2.96. The number of aliphatic hydroxyl groups excluding tert-OH is 1. The molecule has 1 heterocycles. The van der Waals surface area contributed by atoms with E-state index in [1.54, 1.807) is 46.0 Å². The van der Waals surface area contributed by atoms with E-state index >= 15 is 0 Å². The Morgan fingerprint density at radius 1 is 1.48 bits per heavy atom. The van der Waals surface area contributed by atoms with E-state index in [1.165, 1.54) is 4.90 Å². The summed E-state index contributed by atoms with van der Waals surface area (Å²) in [6.07, 6.45) is 0.187. The molecular formula is C17H23NO5. The number of hydrogen-bond donors (Lipinski definition) is 1. The van der Waals surface area contributed by atoms with Crippen molar-refractivity contribution in [3.8, 4) is 11.5 Å². The van der Waals surface area contributed by atoms with E-state index in [-0.39, 0.29) is 13.3 Å². The third-order valence-electron chi connectivity index (χ3n) is 3.32. The lowest BCUT2D eigenvalue weighted by molar-refractivity contribution is 0.0202. The Hall–Kier alpha value is -2.21. The van der Waals surface area contributed by atoms with Gasteiger partial charge in [0.25, 0.3) is 0 Å². The SMILES string of the molecule is C=Cc1ccc2c(c1C(O)CN(C)C(=O)OC(C)(C)C)OCO2. The minimum Gasteiger partial charge on any atom is -0.454 e. The second kappa shape index (κ2) is 6.50. The van der Waals surface area contributed by atoms with Crippen LogP contribution in [0.5, 0.6) is 11.5 Å². The molecule has 126 valence electrons. The second-order valence-electron chi connectivity index (χ2n) is 6.38. The van der Waals surface area contributed by atoms with Crippen LogP contribution in [0.1, 0.15) is 38.0 Å². The fourth-order valence-electron chi connectivity index (χ4n) is 2.30. The first-order chi connectivity index (χ1) is 10.7. The van der Waals surface area contributed by atoms with Gasteiger partial charge in [0, 0.05) is 12.6 Å². The van der Waals surface area contributed by atoms with Gasteiger partial charge in [-0.1, -0.05) is 18.7 Å². The van der Waals surface area contributed by atoms with E-state index < -0.39 is 17.8 Å². The van der Waals surface area contributed by atoms with Gasteiger partial charge in [-0.3, -0.25) is 0 Å². The van der Waals surface area contributed by atoms with Gasteiger partial charge in [-0.25, -0.2) is 4.79 Å². The van der Waals surface area contributed by atoms with Crippen LogP contribution in [-0.2, 0) is 4.74 Å². The number of amides is 1. The highest BCUT2D eigenvalue weighted by Crippen LogP contribution is 2.41. The van der Waals surface area contributed by atoms with E-state index in [0.29, 0.717) is 17.1 Å². The zero-order valence-corrected chi connectivity index (χ0v) is 14.0. The fraction of sp³-hybridized carbons (Fsp3) is 0.471. The average molecular weight is 321 g/mol. The van der Waals surface area contributed by atoms with Crippen molar-refractivity contribution in [3.05, 3.63) is 29.8 Å². The number of carbonyl (C=O) groups excluding carboxylic acids is 1. The van der Waals surface area contributed by atoms with Gasteiger partial charge in [-0.2, -0.15) is 0 Å². The molecule has 1 aliphatic rings. The Bertz CT molecular complexity index is 606. The molecule has 1 aliphatic heterocycles. The molecule has 1 amide bonds. The Labute approximate surface area is 136 Å². The molecule has 0 bridgehead atoms. The predicted molar refractivity (Wildman–Crippen MR) is 86.5 cm³/mol. The number of carbonyl (C=O) groups is 1. The minimum atomic E-state index is -0.947. The number of likely N-dealkylation sites (N-methyl/N-ethyl adjacent to an activating group) is 1. The molecular weight excluding hydrogens is 298 g/mol. The Kier molecular flexibility index (Phi) is 4.85. The normalized spacial score (nSPS) is 14.3. The van der Waals surface area contributed by atoms with Crippen molar-refractivity contribution in [2.75, 3.05) is 20.4 Å². The molecule has 6 heteroatoms. The Morgan fingerprint density at radius 3 is 2.78 bits per heavy atom. The van der Waals surface area contributed by atoms with Crippen LogP contribution in [0.15, 0.2) is 18.7 Å². The van der Waals surface area contributed by atoms with Gasteiger partial charge in [-0.05, 0) is 32.4 Å². The fourth-order valence-corrected chi connectivity index (χ4v) is 2.30. The van der Waals surface area contributed by atoms with Crippen molar-refractivity contribution < 1.29 is 24.1 Å². The van der Waals surface area contributed by atoms with Crippen LogP contribution in [0.25, 0.3) is 6.08 Å². The lowest BCUT2D eigenvalue weighted by Gasteiger charge is -2.26. The topological polar surface area (TPSA) is 68.2 Å². The molecule has 2 rings (SSSR count). The largest absolute Gasteiger partial charge is 0.454 e. The Balaban J connectivity index is 2.18. The van der Waals surface area contributed by atoms with E-state index in [0.717, 1.165) is 5.56 Å². The number of hydrogen-bond acceptors (Lipinski definition) is 5. The third kappa shape index (κ3) is 3.96. The van der Waals surface area contributed by atoms with Crippen LogP contribution in [-0.4, -0.2) is 42.1 Å². The number of benzene rings is 1. The van der Waals surface area contributed by atoms with Gasteiger partial charge < -0.3 is 24.2 Å². The molecule has 0 spiro atoms. The summed E-state index contributed by atoms with van der Waals surface area (Å²) in [6, 6.07) is 3.57. The maximum atomic E-state index is 12.0. The highest BCUT2D eigenvalue weighted by atomic mass is 16.7. The zero-order valence-electron chi connectivity index (χ0n) is 14.0. The molecule has 1 atom stereocenters. The molecule has 0 saturated carbocycles. The summed E-state index contributed by atoms with van der Waals surface area (Å²) in [4.78, 5) is 13.4. The molecule has 1 N–H and O–H groups in total. The zero-order chi connectivity index (χ0) is 17.2. The van der Waals surface area contributed by atoms with Gasteiger partial charge in [0.1, 0.15) is 11.7 Å². The number of nitrogens with zero attached hydrogens (tertiary/aromatic N) is 1. The first-order valence-electron chi connectivity index (χ1n) is 7.40. The number of aliphatic hydroxyl groups is 1. The van der Waals surface area contributed by atoms with Gasteiger partial charge in [0.15, 0.2) is 11.5 Å². The van der Waals surface area contributed by atoms with Crippen molar-refractivity contribution in [2.45, 2.75) is 32.5 Å². The molecule has 6 nitrogen and oxygen atoms in total. The van der Waals surface area contributed by atoms with Gasteiger partial charge in [0.2, 0.25) is 6.79 Å². The number of fused-ring (bicyclic) bond motifs is 1. The van der Waals surface area contributed by atoms with Gasteiger partial charge >= 0.3 is 6.09 Å². The number of ether oxygens (including phenoxy) is 3. The van der Waals surface area contributed by atoms with Crippen molar-refractivity contribution in [1.82, 2.24) is 4.90 Å². The van der Waals surface area contributed by atoms with Crippen molar-refractivity contribution in [2.24, 2.45) is 0 Å². The van der Waals surface area contributed by atoms with Crippen LogP contribution in [0.3, 0.4) is 0 Å². The third-order valence-corrected chi connectivity index (χ3v) is 3.32. The quantitative estimate of drug-likeness (QED) is 0.923. The molecule has 0 saturated heterocycles. The van der Waals surface area contributed by atoms with Crippen LogP contribution in [0.4, 0.5) is 4.79 Å². The summed E-state index contributed by atoms with van der Waals surface area (Å²) < 4.78 is 16.1. The first kappa shape index (κ1) is 17.1. The van der Waals surface area contributed by atoms with Crippen molar-refractivity contribution >= 4 is 12.2 Å². The lowest BCUT2D eigenvalue weighted by atomic mass is 10.00. The number of rotatable bonds is 4. The molecule has 0 aliphatic carbocycles. The average Bonchev–Trinajstić information content (AvgIpc) is 2.92. The highest BCUT2D eigenvalue weighted by Gasteiger charge is 2.28. The maximum Gasteiger partial charge on any atom is 0.410 e. The molecule has 1 aromatic carbocycles. The first-order valence-corrected chi connectivity index (χ1v) is 7.40. The van der Waals surface area contributed by atoms with Gasteiger partial charge in [0.05, 0.1) is 6.54 Å². The van der Waals surface area contributed by atoms with Crippen molar-refractivity contribution in [3.63, 3.8) is 0 Å². The molecule has 1 aromatic rings. The highest BCUT2D eigenvalue weighted by molar-refractivity contribution is 5.68. The van der Waals surface area contributed by atoms with E-state index in [9.17, 15) is 9.90 Å². The molecule has 0 radical (unpaired) electrons. The van der Waals surface area contributed by atoms with Crippen LogP contribution in [0, 0.1) is 0 Å². The van der Waals surface area contributed by atoms with Crippen LogP contribution < -0.4 is 9.47 Å². The van der Waals surface area contributed by atoms with Crippen LogP contribution in [0.2, 0.25) is 0 Å². The van der Waals surface area contributed by atoms with E-state index in [4.69, 9.17) is 14.2 Å². The summed E-state index contributed by atoms with van der Waals surface area (Å²) in [5.41, 5.74) is 0.706. The minimum absolute atomic E-state index is 0.0650. The van der Waals surface area contributed by atoms with Gasteiger partial charge in [-0.15, -0.1) is 0 Å². The second-order valence-corrected chi connectivity index (χ2v) is 6.38. The van der Waals surface area contributed by atoms with Crippen molar-refractivity contribution in [1.29, 1.82) is 0 Å². The Morgan fingerprint density at radius 2 is 2.17 bits per heavy atom. The summed E-state index contributed by atoms with van der Waals surface area (Å²) in [6.45, 7) is 9.30. The standard InChI is InChI=1S/C17H23NO5/c1-6-11-7-8-13-15(22-10-21-13)14(11)12(19)9-18(5)16(20)23-17(2,3)4/h6-8,12,19H,1,9-10H2,2-5H3. The smallest absolute Gasteiger partial charge is 0.410 e. The summed E-state index contributed by atoms with van der Waals surface area (Å²) in [5.74, 6) is 1.07. The summed E-state index contributed by atoms with van der Waals surface area (Å²) in [5, 5.41) is 10.6. The van der Waals surface area contributed by atoms with E-state index in [1.807, 2.05) is 0 Å². The maximum absolute atomic E-state index is 12.0. The molecule has 0 fully saturated rings. The molecule has 0 aromatic heterocycles. The summed E-state index contributed by atoms with van der Waals surface area (Å²) in [7, 11) is 1.57.